The van der Waals surface area contributed by atoms with E-state index in [1.807, 2.05) is 42.5 Å². The minimum atomic E-state index is -4.39. The van der Waals surface area contributed by atoms with E-state index in [0.29, 0.717) is 23.9 Å². The van der Waals surface area contributed by atoms with Crippen molar-refractivity contribution in [3.63, 3.8) is 0 Å². The fraction of sp³-hybridized carbons (Fsp3) is 0.200. The Morgan fingerprint density at radius 1 is 0.824 bits per heavy atom. The fourth-order valence-corrected chi connectivity index (χ4v) is 3.50. The number of anilines is 2. The summed E-state index contributed by atoms with van der Waals surface area (Å²) in [5.74, 6) is 0.923. The molecular formula is C25H25F3N6. The molecule has 176 valence electrons. The molecular weight excluding hydrogens is 441 g/mol. The van der Waals surface area contributed by atoms with Crippen LogP contribution in [-0.2, 0) is 19.5 Å². The molecule has 0 aliphatic rings. The molecule has 1 atom stereocenters. The zero-order valence-corrected chi connectivity index (χ0v) is 18.3. The van der Waals surface area contributed by atoms with E-state index in [-0.39, 0.29) is 13.0 Å². The van der Waals surface area contributed by atoms with Crippen LogP contribution in [0, 0.1) is 0 Å². The van der Waals surface area contributed by atoms with E-state index < -0.39 is 12.2 Å². The maximum atomic E-state index is 13.7. The van der Waals surface area contributed by atoms with Crippen molar-refractivity contribution in [3.8, 4) is 11.3 Å². The van der Waals surface area contributed by atoms with Gasteiger partial charge in [-0.15, -0.1) is 0 Å². The van der Waals surface area contributed by atoms with Crippen molar-refractivity contribution in [2.75, 3.05) is 11.1 Å². The summed E-state index contributed by atoms with van der Waals surface area (Å²) in [6.45, 7) is 0.673. The van der Waals surface area contributed by atoms with Crippen LogP contribution in [0.5, 0.6) is 0 Å². The van der Waals surface area contributed by atoms with Crippen molar-refractivity contribution >= 4 is 11.8 Å². The monoisotopic (exact) mass is 466 g/mol. The van der Waals surface area contributed by atoms with Gasteiger partial charge in [-0.2, -0.15) is 13.2 Å². The number of halogens is 3. The molecule has 4 aromatic rings. The molecule has 34 heavy (non-hydrogen) atoms. The number of hydrogen-bond donors (Lipinski definition) is 4. The van der Waals surface area contributed by atoms with Gasteiger partial charge in [0.1, 0.15) is 11.9 Å². The van der Waals surface area contributed by atoms with E-state index in [9.17, 15) is 13.2 Å². The molecule has 2 heterocycles. The Hall–Kier alpha value is -3.85. The lowest BCUT2D eigenvalue weighted by molar-refractivity contribution is -0.155. The topological polar surface area (TPSA) is 91.7 Å². The fourth-order valence-electron chi connectivity index (χ4n) is 3.50. The Morgan fingerprint density at radius 3 is 2.15 bits per heavy atom. The van der Waals surface area contributed by atoms with Crippen molar-refractivity contribution in [2.45, 2.75) is 31.7 Å². The summed E-state index contributed by atoms with van der Waals surface area (Å²) in [5, 5.41) is 5.81. The summed E-state index contributed by atoms with van der Waals surface area (Å²) in [5.41, 5.74) is 9.53. The van der Waals surface area contributed by atoms with Crippen LogP contribution in [0.15, 0.2) is 79.1 Å². The van der Waals surface area contributed by atoms with E-state index in [4.69, 9.17) is 5.73 Å². The highest BCUT2D eigenvalue weighted by Gasteiger charge is 2.39. The van der Waals surface area contributed by atoms with Crippen molar-refractivity contribution in [2.24, 2.45) is 0 Å². The van der Waals surface area contributed by atoms with E-state index >= 15 is 0 Å². The number of hydrogen-bond acceptors (Lipinski definition) is 5. The van der Waals surface area contributed by atoms with Crippen LogP contribution in [0.4, 0.5) is 24.9 Å². The number of alkyl halides is 3. The number of nitrogen functional groups attached to an aromatic ring is 1. The molecule has 0 radical (unpaired) electrons. The largest absolute Gasteiger partial charge is 0.404 e. The van der Waals surface area contributed by atoms with Crippen molar-refractivity contribution in [1.29, 1.82) is 0 Å². The second-order valence-electron chi connectivity index (χ2n) is 7.95. The highest BCUT2D eigenvalue weighted by molar-refractivity contribution is 5.60. The molecule has 0 saturated heterocycles. The highest BCUT2D eigenvalue weighted by atomic mass is 19.4. The quantitative estimate of drug-likeness (QED) is 0.281. The van der Waals surface area contributed by atoms with Gasteiger partial charge in [-0.25, -0.2) is 9.97 Å². The molecule has 0 aliphatic heterocycles. The van der Waals surface area contributed by atoms with Gasteiger partial charge in [0.15, 0.2) is 5.95 Å². The van der Waals surface area contributed by atoms with Crippen LogP contribution in [0.2, 0.25) is 0 Å². The molecule has 0 spiro atoms. The Labute approximate surface area is 195 Å². The van der Waals surface area contributed by atoms with Crippen LogP contribution in [0.1, 0.15) is 16.7 Å². The highest BCUT2D eigenvalue weighted by Crippen LogP contribution is 2.24. The van der Waals surface area contributed by atoms with Gasteiger partial charge >= 0.3 is 6.18 Å². The van der Waals surface area contributed by atoms with Gasteiger partial charge in [0.25, 0.3) is 0 Å². The molecule has 2 aromatic heterocycles. The molecule has 4 rings (SSSR count). The third-order valence-corrected chi connectivity index (χ3v) is 5.39. The summed E-state index contributed by atoms with van der Waals surface area (Å²) >= 11 is 0. The van der Waals surface area contributed by atoms with Gasteiger partial charge < -0.3 is 21.4 Å². The second-order valence-corrected chi connectivity index (χ2v) is 7.95. The minimum Gasteiger partial charge on any atom is -0.369 e. The average molecular weight is 467 g/mol. The maximum Gasteiger partial charge on any atom is 0.404 e. The third-order valence-electron chi connectivity index (χ3n) is 5.39. The van der Waals surface area contributed by atoms with Crippen LogP contribution in [-0.4, -0.2) is 27.2 Å². The van der Waals surface area contributed by atoms with Crippen molar-refractivity contribution < 1.29 is 13.2 Å². The summed E-state index contributed by atoms with van der Waals surface area (Å²) in [6.07, 6.45) is -1.50. The normalized spacial score (nSPS) is 12.4. The standard InChI is InChI=1S/C25H25F3N6/c26-25(27,28)22(30-13-18-6-9-20(10-7-18)21-16-33-24(29)34-21)12-19-8-11-23(32-15-19)31-14-17-4-2-1-3-5-17/h1-11,15-16,22,30H,12-14H2,(H,31,32)(H3,29,33,34). The third kappa shape index (κ3) is 6.35. The van der Waals surface area contributed by atoms with Gasteiger partial charge in [0, 0.05) is 19.3 Å². The number of benzene rings is 2. The average Bonchev–Trinajstić information content (AvgIpc) is 3.27. The minimum absolute atomic E-state index is 0.0831. The SMILES string of the molecule is Nc1ncc(-c2ccc(CNC(Cc3ccc(NCc4ccccc4)nc3)C(F)(F)F)cc2)[nH]1. The number of aromatic amines is 1. The van der Waals surface area contributed by atoms with Crippen LogP contribution in [0.25, 0.3) is 11.3 Å². The van der Waals surface area contributed by atoms with Gasteiger partial charge in [-0.1, -0.05) is 60.7 Å². The first-order valence-corrected chi connectivity index (χ1v) is 10.8. The molecule has 1 unspecified atom stereocenters. The summed E-state index contributed by atoms with van der Waals surface area (Å²) in [7, 11) is 0. The first-order chi connectivity index (χ1) is 16.4. The Bertz CT molecular complexity index is 1170. The summed E-state index contributed by atoms with van der Waals surface area (Å²) in [4.78, 5) is 11.1. The van der Waals surface area contributed by atoms with Crippen LogP contribution >= 0.6 is 0 Å². The van der Waals surface area contributed by atoms with Crippen LogP contribution in [0.3, 0.4) is 0 Å². The number of pyridine rings is 1. The molecule has 2 aromatic carbocycles. The number of H-pyrrole nitrogens is 1. The Kier molecular flexibility index (Phi) is 7.12. The van der Waals surface area contributed by atoms with Crippen molar-refractivity contribution in [1.82, 2.24) is 20.3 Å². The molecule has 0 aliphatic carbocycles. The molecule has 0 saturated carbocycles. The molecule has 5 N–H and O–H groups in total. The lowest BCUT2D eigenvalue weighted by Gasteiger charge is -2.22. The first kappa shape index (κ1) is 23.3. The van der Waals surface area contributed by atoms with E-state index in [2.05, 4.69) is 25.6 Å². The molecule has 9 heteroatoms. The number of aromatic nitrogens is 3. The number of rotatable bonds is 9. The maximum absolute atomic E-state index is 13.7. The first-order valence-electron chi connectivity index (χ1n) is 10.8. The number of nitrogens with two attached hydrogens (primary N) is 1. The van der Waals surface area contributed by atoms with Gasteiger partial charge in [0.05, 0.1) is 11.9 Å². The molecule has 6 nitrogen and oxygen atoms in total. The Balaban J connectivity index is 1.34. The number of nitrogens with zero attached hydrogens (tertiary/aromatic N) is 2. The van der Waals surface area contributed by atoms with Gasteiger partial charge in [0.2, 0.25) is 0 Å². The molecule has 0 fully saturated rings. The van der Waals surface area contributed by atoms with Crippen LogP contribution < -0.4 is 16.4 Å². The second kappa shape index (κ2) is 10.4. The molecule has 0 bridgehead atoms. The van der Waals surface area contributed by atoms with E-state index in [1.165, 1.54) is 6.20 Å². The number of nitrogens with one attached hydrogen (secondary N) is 3. The van der Waals surface area contributed by atoms with Gasteiger partial charge in [-0.3, -0.25) is 0 Å². The zero-order valence-electron chi connectivity index (χ0n) is 18.3. The lowest BCUT2D eigenvalue weighted by Crippen LogP contribution is -2.43. The summed E-state index contributed by atoms with van der Waals surface area (Å²) < 4.78 is 41.0. The van der Waals surface area contributed by atoms with Gasteiger partial charge in [-0.05, 0) is 34.7 Å². The Morgan fingerprint density at radius 2 is 1.53 bits per heavy atom. The number of imidazole rings is 1. The summed E-state index contributed by atoms with van der Waals surface area (Å²) in [6, 6.07) is 18.7. The zero-order chi connectivity index (χ0) is 24.0. The predicted molar refractivity (Wildman–Crippen MR) is 127 cm³/mol. The van der Waals surface area contributed by atoms with Crippen molar-refractivity contribution in [3.05, 3.63) is 95.8 Å². The smallest absolute Gasteiger partial charge is 0.369 e. The van der Waals surface area contributed by atoms with E-state index in [1.54, 1.807) is 30.5 Å². The predicted octanol–water partition coefficient (Wildman–Crippen LogP) is 4.93. The lowest BCUT2D eigenvalue weighted by atomic mass is 10.1. The van der Waals surface area contributed by atoms with E-state index in [0.717, 1.165) is 22.4 Å². The molecule has 0 amide bonds.